The van der Waals surface area contributed by atoms with Gasteiger partial charge in [0.15, 0.2) is 0 Å². The van der Waals surface area contributed by atoms with E-state index in [0.717, 1.165) is 11.5 Å². The van der Waals surface area contributed by atoms with Gasteiger partial charge in [-0.05, 0) is 23.3 Å². The SMILES string of the molecule is c1ccc2c(c1)CSCc1ccccc1S2. The maximum atomic E-state index is 2.24. The summed E-state index contributed by atoms with van der Waals surface area (Å²) in [6, 6.07) is 17.4. The molecular formula is C14H12S2. The molecule has 2 aromatic carbocycles. The van der Waals surface area contributed by atoms with Crippen molar-refractivity contribution >= 4 is 23.5 Å². The summed E-state index contributed by atoms with van der Waals surface area (Å²) in [6.07, 6.45) is 0. The van der Waals surface area contributed by atoms with E-state index in [0.29, 0.717) is 0 Å². The Morgan fingerprint density at radius 2 is 1.19 bits per heavy atom. The number of hydrogen-bond donors (Lipinski definition) is 0. The first-order chi connectivity index (χ1) is 7.93. The molecule has 0 N–H and O–H groups in total. The molecule has 0 unspecified atom stereocenters. The molecule has 0 radical (unpaired) electrons. The highest BCUT2D eigenvalue weighted by Gasteiger charge is 2.11. The second-order valence-electron chi connectivity index (χ2n) is 3.81. The van der Waals surface area contributed by atoms with Gasteiger partial charge in [0, 0.05) is 21.3 Å². The van der Waals surface area contributed by atoms with Gasteiger partial charge in [0.2, 0.25) is 0 Å². The second-order valence-corrected chi connectivity index (χ2v) is 5.88. The van der Waals surface area contributed by atoms with Crippen molar-refractivity contribution in [3.05, 3.63) is 59.7 Å². The van der Waals surface area contributed by atoms with E-state index >= 15 is 0 Å². The van der Waals surface area contributed by atoms with Gasteiger partial charge < -0.3 is 0 Å². The molecule has 1 aliphatic rings. The zero-order valence-electron chi connectivity index (χ0n) is 8.85. The molecule has 0 saturated heterocycles. The summed E-state index contributed by atoms with van der Waals surface area (Å²) in [5, 5.41) is 0. The third kappa shape index (κ3) is 2.00. The number of rotatable bonds is 0. The topological polar surface area (TPSA) is 0 Å². The van der Waals surface area contributed by atoms with Gasteiger partial charge in [-0.25, -0.2) is 0 Å². The minimum absolute atomic E-state index is 1.12. The average Bonchev–Trinajstić information content (AvgIpc) is 2.29. The van der Waals surface area contributed by atoms with Crippen LogP contribution in [0.25, 0.3) is 0 Å². The first kappa shape index (κ1) is 10.3. The van der Waals surface area contributed by atoms with Crippen molar-refractivity contribution in [1.29, 1.82) is 0 Å². The molecule has 1 aliphatic heterocycles. The molecule has 16 heavy (non-hydrogen) atoms. The number of hydrogen-bond acceptors (Lipinski definition) is 2. The second kappa shape index (κ2) is 4.56. The van der Waals surface area contributed by atoms with E-state index in [1.54, 1.807) is 0 Å². The predicted octanol–water partition coefficient (Wildman–Crippen LogP) is 4.58. The van der Waals surface area contributed by atoms with Crippen LogP contribution in [0.1, 0.15) is 11.1 Å². The quantitative estimate of drug-likeness (QED) is 0.665. The number of benzene rings is 2. The van der Waals surface area contributed by atoms with Crippen molar-refractivity contribution in [1.82, 2.24) is 0 Å². The molecule has 1 heterocycles. The molecule has 0 aromatic heterocycles. The summed E-state index contributed by atoms with van der Waals surface area (Å²) in [4.78, 5) is 2.81. The van der Waals surface area contributed by atoms with Crippen LogP contribution in [-0.2, 0) is 11.5 Å². The molecule has 2 heteroatoms. The lowest BCUT2D eigenvalue weighted by Gasteiger charge is -2.15. The smallest absolute Gasteiger partial charge is 0.0199 e. The van der Waals surface area contributed by atoms with E-state index in [-0.39, 0.29) is 0 Å². The normalized spacial score (nSPS) is 14.5. The minimum Gasteiger partial charge on any atom is -0.152 e. The zero-order chi connectivity index (χ0) is 10.8. The Bertz CT molecular complexity index is 460. The fraction of sp³-hybridized carbons (Fsp3) is 0.143. The molecule has 0 nitrogen and oxygen atoms in total. The lowest BCUT2D eigenvalue weighted by Crippen LogP contribution is -1.93. The van der Waals surface area contributed by atoms with Crippen molar-refractivity contribution in [2.75, 3.05) is 0 Å². The van der Waals surface area contributed by atoms with Crippen LogP contribution < -0.4 is 0 Å². The molecule has 80 valence electrons. The summed E-state index contributed by atoms with van der Waals surface area (Å²) in [5.41, 5.74) is 2.93. The van der Waals surface area contributed by atoms with E-state index in [9.17, 15) is 0 Å². The Balaban J connectivity index is 2.06. The lowest BCUT2D eigenvalue weighted by molar-refractivity contribution is 1.20. The van der Waals surface area contributed by atoms with Gasteiger partial charge >= 0.3 is 0 Å². The highest BCUT2D eigenvalue weighted by Crippen LogP contribution is 2.38. The summed E-state index contributed by atoms with van der Waals surface area (Å²) in [6.45, 7) is 0. The fourth-order valence-electron chi connectivity index (χ4n) is 1.83. The maximum absolute atomic E-state index is 2.24. The van der Waals surface area contributed by atoms with Crippen LogP contribution in [0.2, 0.25) is 0 Å². The van der Waals surface area contributed by atoms with E-state index in [1.165, 1.54) is 20.9 Å². The van der Waals surface area contributed by atoms with E-state index in [1.807, 2.05) is 23.5 Å². The van der Waals surface area contributed by atoms with Crippen molar-refractivity contribution in [2.24, 2.45) is 0 Å². The molecular weight excluding hydrogens is 232 g/mol. The van der Waals surface area contributed by atoms with Crippen LogP contribution in [0, 0.1) is 0 Å². The first-order valence-corrected chi connectivity index (χ1v) is 7.32. The lowest BCUT2D eigenvalue weighted by atomic mass is 10.2. The van der Waals surface area contributed by atoms with E-state index in [4.69, 9.17) is 0 Å². The highest BCUT2D eigenvalue weighted by molar-refractivity contribution is 8.00. The molecule has 3 rings (SSSR count). The van der Waals surface area contributed by atoms with Gasteiger partial charge in [-0.1, -0.05) is 48.2 Å². The fourth-order valence-corrected chi connectivity index (χ4v) is 4.14. The maximum Gasteiger partial charge on any atom is 0.0199 e. The van der Waals surface area contributed by atoms with E-state index < -0.39 is 0 Å². The number of thioether (sulfide) groups is 1. The molecule has 0 amide bonds. The predicted molar refractivity (Wildman–Crippen MR) is 72.0 cm³/mol. The van der Waals surface area contributed by atoms with E-state index in [2.05, 4.69) is 48.5 Å². The highest BCUT2D eigenvalue weighted by atomic mass is 32.2. The standard InChI is InChI=1S/C14H12S2/c1-3-7-13-11(5-1)9-15-10-12-6-2-4-8-14(12)16-13/h1-8H,9-10H2. The third-order valence-corrected chi connectivity index (χ3v) is 4.95. The van der Waals surface area contributed by atoms with Crippen LogP contribution in [-0.4, -0.2) is 0 Å². The van der Waals surface area contributed by atoms with Gasteiger partial charge in [-0.3, -0.25) is 0 Å². The van der Waals surface area contributed by atoms with Crippen LogP contribution in [0.5, 0.6) is 0 Å². The Morgan fingerprint density at radius 3 is 1.75 bits per heavy atom. The Labute approximate surface area is 104 Å². The number of fused-ring (bicyclic) bond motifs is 2. The molecule has 2 aromatic rings. The van der Waals surface area contributed by atoms with Gasteiger partial charge in [0.25, 0.3) is 0 Å². The van der Waals surface area contributed by atoms with Crippen LogP contribution in [0.3, 0.4) is 0 Å². The van der Waals surface area contributed by atoms with Crippen molar-refractivity contribution in [3.8, 4) is 0 Å². The van der Waals surface area contributed by atoms with Crippen LogP contribution in [0.15, 0.2) is 58.3 Å². The Hall–Kier alpha value is -0.860. The summed E-state index contributed by atoms with van der Waals surface area (Å²) in [7, 11) is 0. The van der Waals surface area contributed by atoms with Gasteiger partial charge in [-0.2, -0.15) is 11.8 Å². The molecule has 0 fully saturated rings. The van der Waals surface area contributed by atoms with Crippen LogP contribution >= 0.6 is 23.5 Å². The monoisotopic (exact) mass is 244 g/mol. The van der Waals surface area contributed by atoms with Gasteiger partial charge in [-0.15, -0.1) is 0 Å². The van der Waals surface area contributed by atoms with Crippen molar-refractivity contribution in [2.45, 2.75) is 21.3 Å². The third-order valence-electron chi connectivity index (χ3n) is 2.68. The summed E-state index contributed by atoms with van der Waals surface area (Å²) in [5.74, 6) is 2.25. The van der Waals surface area contributed by atoms with Crippen molar-refractivity contribution in [3.63, 3.8) is 0 Å². The Morgan fingerprint density at radius 1 is 0.688 bits per heavy atom. The zero-order valence-corrected chi connectivity index (χ0v) is 10.5. The van der Waals surface area contributed by atoms with Crippen molar-refractivity contribution < 1.29 is 0 Å². The summed E-state index contributed by atoms with van der Waals surface area (Å²) < 4.78 is 0. The van der Waals surface area contributed by atoms with Crippen LogP contribution in [0.4, 0.5) is 0 Å². The summed E-state index contributed by atoms with van der Waals surface area (Å²) >= 11 is 3.90. The molecule has 0 saturated carbocycles. The molecule has 0 aliphatic carbocycles. The molecule has 0 atom stereocenters. The first-order valence-electron chi connectivity index (χ1n) is 5.35. The largest absolute Gasteiger partial charge is 0.152 e. The van der Waals surface area contributed by atoms with Gasteiger partial charge in [0.1, 0.15) is 0 Å². The molecule has 0 spiro atoms. The Kier molecular flexibility index (Phi) is 2.94. The van der Waals surface area contributed by atoms with Gasteiger partial charge in [0.05, 0.1) is 0 Å². The molecule has 0 bridgehead atoms. The minimum atomic E-state index is 1.12. The average molecular weight is 244 g/mol.